The fraction of sp³-hybridized carbons (Fsp3) is 0.333. The Balaban J connectivity index is 2.58. The largest absolute Gasteiger partial charge is 0.258 e. The first kappa shape index (κ1) is 8.84. The van der Waals surface area contributed by atoms with Gasteiger partial charge >= 0.3 is 0 Å². The van der Waals surface area contributed by atoms with E-state index in [0.29, 0.717) is 0 Å². The van der Waals surface area contributed by atoms with E-state index in [1.807, 2.05) is 6.20 Å². The minimum Gasteiger partial charge on any atom is -0.194 e. The molecule has 0 aromatic carbocycles. The van der Waals surface area contributed by atoms with Gasteiger partial charge in [0.05, 0.1) is 9.75 Å². The molecule has 0 aliphatic heterocycles. The maximum atomic E-state index is 4.18. The molecule has 0 atom stereocenters. The van der Waals surface area contributed by atoms with Crippen molar-refractivity contribution in [3.8, 4) is 5.69 Å². The van der Waals surface area contributed by atoms with Gasteiger partial charge in [0.2, 0.25) is 0 Å². The summed E-state index contributed by atoms with van der Waals surface area (Å²) in [5.41, 5.74) is 2.51. The summed E-state index contributed by atoms with van der Waals surface area (Å²) in [6.07, 6.45) is 1.93. The smallest absolute Gasteiger partial charge is 0.194 e. The lowest BCUT2D eigenvalue weighted by Gasteiger charge is -1.87. The Hall–Kier alpha value is -0.740. The zero-order valence-corrected chi connectivity index (χ0v) is 9.50. The fourth-order valence-electron chi connectivity index (χ4n) is 1.32. The van der Waals surface area contributed by atoms with Crippen LogP contribution in [0.2, 0.25) is 0 Å². The summed E-state index contributed by atoms with van der Waals surface area (Å²) in [7, 11) is 0. The van der Waals surface area contributed by atoms with Crippen molar-refractivity contribution in [3.05, 3.63) is 27.7 Å². The lowest BCUT2D eigenvalue weighted by molar-refractivity contribution is -0.527. The highest BCUT2D eigenvalue weighted by molar-refractivity contribution is 7.06. The average Bonchev–Trinajstić information content (AvgIpc) is 2.58. The van der Waals surface area contributed by atoms with Crippen LogP contribution in [0.3, 0.4) is 0 Å². The SMILES string of the molecule is Cc1cc(C)[n+](-c2cnsc2C)s1. The van der Waals surface area contributed by atoms with Crippen LogP contribution >= 0.6 is 23.1 Å². The predicted octanol–water partition coefficient (Wildman–Crippen LogP) is 2.41. The molecule has 2 heterocycles. The molecule has 0 aliphatic rings. The molecule has 2 nitrogen and oxygen atoms in total. The average molecular weight is 211 g/mol. The van der Waals surface area contributed by atoms with E-state index in [9.17, 15) is 0 Å². The monoisotopic (exact) mass is 211 g/mol. The van der Waals surface area contributed by atoms with Gasteiger partial charge in [0, 0.05) is 13.0 Å². The molecule has 0 unspecified atom stereocenters. The van der Waals surface area contributed by atoms with Gasteiger partial charge in [0.15, 0.2) is 5.69 Å². The van der Waals surface area contributed by atoms with Gasteiger partial charge in [-0.3, -0.25) is 0 Å². The summed E-state index contributed by atoms with van der Waals surface area (Å²) in [5.74, 6) is 0. The minimum absolute atomic E-state index is 1.22. The summed E-state index contributed by atoms with van der Waals surface area (Å²) in [6.45, 7) is 6.36. The van der Waals surface area contributed by atoms with Gasteiger partial charge in [-0.1, -0.05) is 3.96 Å². The molecule has 0 N–H and O–H groups in total. The summed E-state index contributed by atoms with van der Waals surface area (Å²) >= 11 is 3.32. The van der Waals surface area contributed by atoms with Crippen molar-refractivity contribution >= 4 is 23.1 Å². The lowest BCUT2D eigenvalue weighted by atomic mass is 10.4. The van der Waals surface area contributed by atoms with Crippen molar-refractivity contribution < 1.29 is 3.96 Å². The second-order valence-corrected chi connectivity index (χ2v) is 5.25. The number of aryl methyl sites for hydroxylation is 3. The summed E-state index contributed by atoms with van der Waals surface area (Å²) in [6, 6.07) is 2.20. The molecule has 0 radical (unpaired) electrons. The molecule has 2 aromatic rings. The maximum Gasteiger partial charge on any atom is 0.258 e. The standard InChI is InChI=1S/C9H11N2S2/c1-6-4-7(2)13-11(6)9-5-10-12-8(9)3/h4-5H,1-3H3/q+1. The molecule has 4 heteroatoms. The normalized spacial score (nSPS) is 10.7. The van der Waals surface area contributed by atoms with Crippen molar-refractivity contribution in [2.75, 3.05) is 0 Å². The Bertz CT molecular complexity index is 429. The van der Waals surface area contributed by atoms with Gasteiger partial charge in [-0.2, -0.15) is 4.37 Å². The van der Waals surface area contributed by atoms with Crippen LogP contribution in [0, 0.1) is 20.8 Å². The number of hydrogen-bond acceptors (Lipinski definition) is 3. The summed E-state index contributed by atoms with van der Waals surface area (Å²) in [5, 5.41) is 0. The van der Waals surface area contributed by atoms with E-state index < -0.39 is 0 Å². The molecule has 13 heavy (non-hydrogen) atoms. The Kier molecular flexibility index (Phi) is 2.17. The van der Waals surface area contributed by atoms with Gasteiger partial charge in [-0.15, -0.1) is 0 Å². The molecular formula is C9H11N2S2+. The highest BCUT2D eigenvalue weighted by Crippen LogP contribution is 2.15. The van der Waals surface area contributed by atoms with E-state index in [2.05, 4.69) is 35.2 Å². The van der Waals surface area contributed by atoms with Crippen LogP contribution in [0.25, 0.3) is 5.69 Å². The Labute approximate surface area is 85.8 Å². The first-order valence-electron chi connectivity index (χ1n) is 4.09. The molecule has 2 rings (SSSR count). The third-order valence-electron chi connectivity index (χ3n) is 1.91. The molecule has 0 amide bonds. The maximum absolute atomic E-state index is 4.18. The van der Waals surface area contributed by atoms with Crippen molar-refractivity contribution in [1.29, 1.82) is 0 Å². The van der Waals surface area contributed by atoms with E-state index in [4.69, 9.17) is 0 Å². The van der Waals surface area contributed by atoms with E-state index in [-0.39, 0.29) is 0 Å². The lowest BCUT2D eigenvalue weighted by Crippen LogP contribution is -2.28. The van der Waals surface area contributed by atoms with Crippen LogP contribution in [0.1, 0.15) is 15.4 Å². The zero-order valence-electron chi connectivity index (χ0n) is 7.87. The summed E-state index contributed by atoms with van der Waals surface area (Å²) in [4.78, 5) is 2.61. The molecule has 2 aromatic heterocycles. The van der Waals surface area contributed by atoms with Gasteiger partial charge in [-0.25, -0.2) is 0 Å². The third-order valence-corrected chi connectivity index (χ3v) is 3.68. The van der Waals surface area contributed by atoms with Crippen LogP contribution in [0.15, 0.2) is 12.3 Å². The van der Waals surface area contributed by atoms with E-state index in [0.717, 1.165) is 0 Å². The van der Waals surface area contributed by atoms with E-state index in [1.54, 1.807) is 23.1 Å². The second-order valence-electron chi connectivity index (χ2n) is 3.05. The van der Waals surface area contributed by atoms with Gasteiger partial charge < -0.3 is 0 Å². The quantitative estimate of drug-likeness (QED) is 0.662. The first-order chi connectivity index (χ1) is 6.18. The van der Waals surface area contributed by atoms with Crippen molar-refractivity contribution in [2.24, 2.45) is 0 Å². The summed E-state index contributed by atoms with van der Waals surface area (Å²) < 4.78 is 6.41. The second kappa shape index (κ2) is 3.20. The van der Waals surface area contributed by atoms with Crippen LogP contribution in [0.4, 0.5) is 0 Å². The predicted molar refractivity (Wildman–Crippen MR) is 55.7 cm³/mol. The number of hydrogen-bond donors (Lipinski definition) is 0. The van der Waals surface area contributed by atoms with Gasteiger partial charge in [-0.05, 0) is 25.4 Å². The fourth-order valence-corrected chi connectivity index (χ4v) is 2.92. The van der Waals surface area contributed by atoms with Crippen molar-refractivity contribution in [2.45, 2.75) is 20.8 Å². The van der Waals surface area contributed by atoms with Crippen LogP contribution in [0.5, 0.6) is 0 Å². The molecular weight excluding hydrogens is 200 g/mol. The topological polar surface area (TPSA) is 16.8 Å². The van der Waals surface area contributed by atoms with E-state index in [1.165, 1.54) is 21.1 Å². The Morgan fingerprint density at radius 3 is 2.54 bits per heavy atom. The molecule has 0 saturated carbocycles. The van der Waals surface area contributed by atoms with Gasteiger partial charge in [0.25, 0.3) is 5.69 Å². The minimum atomic E-state index is 1.22. The highest BCUT2D eigenvalue weighted by atomic mass is 32.1. The molecule has 0 aliphatic carbocycles. The molecule has 0 bridgehead atoms. The molecule has 0 fully saturated rings. The molecule has 0 spiro atoms. The molecule has 0 saturated heterocycles. The third kappa shape index (κ3) is 1.51. The zero-order chi connectivity index (χ0) is 9.42. The first-order valence-corrected chi connectivity index (χ1v) is 5.64. The number of rotatable bonds is 1. The number of nitrogens with zero attached hydrogens (tertiary/aromatic N) is 2. The number of aromatic nitrogens is 2. The van der Waals surface area contributed by atoms with E-state index >= 15 is 0 Å². The van der Waals surface area contributed by atoms with Crippen LogP contribution in [-0.2, 0) is 0 Å². The van der Waals surface area contributed by atoms with Crippen molar-refractivity contribution in [3.63, 3.8) is 0 Å². The Morgan fingerprint density at radius 2 is 2.08 bits per heavy atom. The highest BCUT2D eigenvalue weighted by Gasteiger charge is 2.18. The molecule has 68 valence electrons. The van der Waals surface area contributed by atoms with Crippen LogP contribution < -0.4 is 3.96 Å². The van der Waals surface area contributed by atoms with Crippen LogP contribution in [-0.4, -0.2) is 4.37 Å². The van der Waals surface area contributed by atoms with Crippen molar-refractivity contribution in [1.82, 2.24) is 4.37 Å². The Morgan fingerprint density at radius 1 is 1.31 bits per heavy atom. The van der Waals surface area contributed by atoms with Gasteiger partial charge in [0.1, 0.15) is 17.7 Å².